The quantitative estimate of drug-likeness (QED) is 0.147. The molecule has 1 amide bonds. The molecule has 1 atom stereocenters. The Kier molecular flexibility index (Phi) is 9.37. The number of aromatic amines is 1. The third kappa shape index (κ3) is 7.16. The Labute approximate surface area is 303 Å². The average Bonchev–Trinajstić information content (AvgIpc) is 3.65. The molecule has 10 nitrogen and oxygen atoms in total. The Hall–Kier alpha value is -4.55. The maximum atomic E-state index is 14.2. The van der Waals surface area contributed by atoms with Crippen LogP contribution in [0.15, 0.2) is 66.7 Å². The number of carbonyl (C=O) groups is 1. The number of carbonyl (C=O) groups excluding carboxylic acids is 1. The highest BCUT2D eigenvalue weighted by Gasteiger charge is 2.26. The van der Waals surface area contributed by atoms with Gasteiger partial charge in [0.15, 0.2) is 0 Å². The number of halogens is 3. The SMILES string of the molecule is Cc1[nH]nc2c(Cl)cc(NC(=O)c3ccc4c(c3)nc(CN3CCC(c5cccc(OCc6ccc(Cl)cc6F)n5)CC3)n4C[C@@H]3CCO3)cc12. The van der Waals surface area contributed by atoms with Crippen molar-refractivity contribution >= 4 is 56.7 Å². The van der Waals surface area contributed by atoms with Gasteiger partial charge in [-0.25, -0.2) is 14.4 Å². The number of ether oxygens (including phenoxy) is 2. The van der Waals surface area contributed by atoms with E-state index in [-0.39, 0.29) is 24.5 Å². The minimum atomic E-state index is -0.397. The second kappa shape index (κ2) is 14.2. The number of likely N-dealkylation sites (tertiary alicyclic amines) is 1. The number of aromatic nitrogens is 5. The van der Waals surface area contributed by atoms with E-state index in [0.717, 1.165) is 72.6 Å². The van der Waals surface area contributed by atoms with Gasteiger partial charge in [0, 0.05) is 57.2 Å². The van der Waals surface area contributed by atoms with Crippen molar-refractivity contribution in [2.45, 2.75) is 57.9 Å². The number of anilines is 1. The van der Waals surface area contributed by atoms with E-state index < -0.39 is 5.82 Å². The van der Waals surface area contributed by atoms with E-state index in [1.807, 2.05) is 43.3 Å². The molecule has 8 rings (SSSR count). The Balaban J connectivity index is 0.945. The molecule has 0 radical (unpaired) electrons. The first-order chi connectivity index (χ1) is 24.8. The number of nitrogens with one attached hydrogen (secondary N) is 2. The first kappa shape index (κ1) is 33.6. The molecule has 2 saturated heterocycles. The fourth-order valence-corrected chi connectivity index (χ4v) is 7.29. The third-order valence-electron chi connectivity index (χ3n) is 9.84. The van der Waals surface area contributed by atoms with Crippen LogP contribution in [0.5, 0.6) is 5.88 Å². The highest BCUT2D eigenvalue weighted by atomic mass is 35.5. The van der Waals surface area contributed by atoms with Crippen molar-refractivity contribution in [1.29, 1.82) is 0 Å². The van der Waals surface area contributed by atoms with Gasteiger partial charge in [-0.2, -0.15) is 5.10 Å². The number of amides is 1. The van der Waals surface area contributed by atoms with Gasteiger partial charge in [-0.3, -0.25) is 14.8 Å². The van der Waals surface area contributed by atoms with Crippen LogP contribution in [-0.4, -0.2) is 61.3 Å². The van der Waals surface area contributed by atoms with Crippen LogP contribution in [0.25, 0.3) is 21.9 Å². The molecule has 2 aliphatic heterocycles. The van der Waals surface area contributed by atoms with Gasteiger partial charge in [0.2, 0.25) is 5.88 Å². The number of H-pyrrole nitrogens is 1. The highest BCUT2D eigenvalue weighted by molar-refractivity contribution is 6.35. The molecule has 3 aromatic heterocycles. The lowest BCUT2D eigenvalue weighted by atomic mass is 9.93. The van der Waals surface area contributed by atoms with E-state index in [9.17, 15) is 9.18 Å². The van der Waals surface area contributed by atoms with Crippen LogP contribution in [0, 0.1) is 12.7 Å². The first-order valence-corrected chi connectivity index (χ1v) is 17.9. The summed E-state index contributed by atoms with van der Waals surface area (Å²) in [5.74, 6) is 1.07. The van der Waals surface area contributed by atoms with Gasteiger partial charge in [0.1, 0.15) is 23.8 Å². The van der Waals surface area contributed by atoms with Gasteiger partial charge in [-0.15, -0.1) is 0 Å². The minimum Gasteiger partial charge on any atom is -0.473 e. The summed E-state index contributed by atoms with van der Waals surface area (Å²) in [6, 6.07) is 19.6. The van der Waals surface area contributed by atoms with Crippen LogP contribution < -0.4 is 10.1 Å². The lowest BCUT2D eigenvalue weighted by Crippen LogP contribution is -2.35. The van der Waals surface area contributed by atoms with Crippen molar-refractivity contribution in [2.75, 3.05) is 25.0 Å². The average molecular weight is 729 g/mol. The topological polar surface area (TPSA) is 110 Å². The first-order valence-electron chi connectivity index (χ1n) is 17.1. The molecule has 0 spiro atoms. The van der Waals surface area contributed by atoms with Gasteiger partial charge >= 0.3 is 0 Å². The monoisotopic (exact) mass is 727 g/mol. The van der Waals surface area contributed by atoms with Crippen molar-refractivity contribution in [3.63, 3.8) is 0 Å². The largest absolute Gasteiger partial charge is 0.473 e. The molecular formula is C38H36Cl2FN7O3. The van der Waals surface area contributed by atoms with Crippen LogP contribution in [-0.2, 0) is 24.4 Å². The molecule has 0 aliphatic carbocycles. The Morgan fingerprint density at radius 2 is 1.90 bits per heavy atom. The number of hydrogen-bond donors (Lipinski definition) is 2. The minimum absolute atomic E-state index is 0.0772. The summed E-state index contributed by atoms with van der Waals surface area (Å²) in [4.78, 5) is 25.6. The van der Waals surface area contributed by atoms with Crippen LogP contribution in [0.4, 0.5) is 10.1 Å². The predicted molar refractivity (Wildman–Crippen MR) is 195 cm³/mol. The Bertz CT molecular complexity index is 2240. The van der Waals surface area contributed by atoms with Crippen molar-refractivity contribution in [3.8, 4) is 5.88 Å². The van der Waals surface area contributed by atoms with Crippen molar-refractivity contribution in [1.82, 2.24) is 29.6 Å². The third-order valence-corrected chi connectivity index (χ3v) is 10.4. The standard InChI is InChI=1S/C38H36Cl2FN7O3/c1-22-29-17-27(18-30(40)37(29)46-45-22)42-38(49)24-6-8-34-33(15-24)43-35(48(34)19-28-11-14-50-28)20-47-12-9-23(10-13-47)32-3-2-4-36(44-32)51-21-25-5-7-26(39)16-31(25)41/h2-8,15-18,23,28H,9-14,19-21H2,1H3,(H,42,49)(H,45,46)/t28-/m0/s1. The Morgan fingerprint density at radius 3 is 2.69 bits per heavy atom. The molecule has 3 aromatic carbocycles. The molecule has 0 saturated carbocycles. The number of pyridine rings is 1. The maximum Gasteiger partial charge on any atom is 0.255 e. The van der Waals surface area contributed by atoms with Crippen molar-refractivity contribution in [3.05, 3.63) is 111 Å². The van der Waals surface area contributed by atoms with E-state index in [2.05, 4.69) is 25.0 Å². The predicted octanol–water partition coefficient (Wildman–Crippen LogP) is 8.06. The van der Waals surface area contributed by atoms with E-state index in [1.165, 1.54) is 6.07 Å². The molecule has 13 heteroatoms. The number of imidazole rings is 1. The molecule has 0 bridgehead atoms. The fraction of sp³-hybridized carbons (Fsp3) is 0.316. The molecule has 2 aliphatic rings. The zero-order valence-electron chi connectivity index (χ0n) is 28.0. The second-order valence-corrected chi connectivity index (χ2v) is 14.1. The number of fused-ring (bicyclic) bond motifs is 2. The summed E-state index contributed by atoms with van der Waals surface area (Å²) in [5.41, 5.74) is 5.81. The molecule has 6 aromatic rings. The molecule has 2 fully saturated rings. The van der Waals surface area contributed by atoms with E-state index in [4.69, 9.17) is 42.6 Å². The number of nitrogens with zero attached hydrogens (tertiary/aromatic N) is 5. The summed E-state index contributed by atoms with van der Waals surface area (Å²) < 4.78 is 28.1. The molecule has 262 valence electrons. The number of hydrogen-bond acceptors (Lipinski definition) is 7. The fourth-order valence-electron chi connectivity index (χ4n) is 6.87. The van der Waals surface area contributed by atoms with Gasteiger partial charge < -0.3 is 19.4 Å². The summed E-state index contributed by atoms with van der Waals surface area (Å²) in [5, 5.41) is 11.9. The lowest BCUT2D eigenvalue weighted by Gasteiger charge is -2.32. The van der Waals surface area contributed by atoms with Gasteiger partial charge in [-0.05, 0) is 87.8 Å². The smallest absolute Gasteiger partial charge is 0.255 e. The van der Waals surface area contributed by atoms with Gasteiger partial charge in [-0.1, -0.05) is 35.3 Å². The zero-order valence-corrected chi connectivity index (χ0v) is 29.5. The number of rotatable bonds is 10. The molecular weight excluding hydrogens is 692 g/mol. The summed E-state index contributed by atoms with van der Waals surface area (Å²) in [6.07, 6.45) is 3.04. The maximum absolute atomic E-state index is 14.2. The van der Waals surface area contributed by atoms with Crippen molar-refractivity contribution in [2.24, 2.45) is 0 Å². The van der Waals surface area contributed by atoms with Crippen LogP contribution in [0.3, 0.4) is 0 Å². The number of piperidine rings is 1. The molecule has 5 heterocycles. The molecule has 51 heavy (non-hydrogen) atoms. The van der Waals surface area contributed by atoms with Crippen LogP contribution >= 0.6 is 23.2 Å². The molecule has 2 N–H and O–H groups in total. The van der Waals surface area contributed by atoms with E-state index >= 15 is 0 Å². The highest BCUT2D eigenvalue weighted by Crippen LogP contribution is 2.31. The summed E-state index contributed by atoms with van der Waals surface area (Å²) in [7, 11) is 0. The summed E-state index contributed by atoms with van der Waals surface area (Å²) in [6.45, 7) is 5.93. The number of aryl methyl sites for hydroxylation is 1. The van der Waals surface area contributed by atoms with E-state index in [0.29, 0.717) is 51.3 Å². The van der Waals surface area contributed by atoms with Gasteiger partial charge in [0.05, 0.1) is 35.2 Å². The summed E-state index contributed by atoms with van der Waals surface area (Å²) >= 11 is 12.3. The van der Waals surface area contributed by atoms with Crippen LogP contribution in [0.1, 0.15) is 58.3 Å². The normalized spacial score (nSPS) is 16.8. The second-order valence-electron chi connectivity index (χ2n) is 13.3. The number of benzene rings is 3. The Morgan fingerprint density at radius 1 is 1.06 bits per heavy atom. The molecule has 0 unspecified atom stereocenters. The van der Waals surface area contributed by atoms with Crippen LogP contribution in [0.2, 0.25) is 10.0 Å². The van der Waals surface area contributed by atoms with E-state index in [1.54, 1.807) is 24.3 Å². The van der Waals surface area contributed by atoms with Gasteiger partial charge in [0.25, 0.3) is 5.91 Å². The van der Waals surface area contributed by atoms with Crippen molar-refractivity contribution < 1.29 is 18.7 Å². The lowest BCUT2D eigenvalue weighted by molar-refractivity contribution is -0.0592. The zero-order chi connectivity index (χ0) is 35.1.